The Balaban J connectivity index is 1.25. The van der Waals surface area contributed by atoms with Gasteiger partial charge in [0.25, 0.3) is 0 Å². The van der Waals surface area contributed by atoms with Crippen molar-refractivity contribution in [2.24, 2.45) is 0 Å². The zero-order valence-corrected chi connectivity index (χ0v) is 20.3. The molecule has 0 bridgehead atoms. The zero-order chi connectivity index (χ0) is 24.4. The summed E-state index contributed by atoms with van der Waals surface area (Å²) in [5, 5.41) is 23.6. The van der Waals surface area contributed by atoms with Crippen LogP contribution in [0.5, 0.6) is 0 Å². The number of nitrogens with one attached hydrogen (secondary N) is 1. The second-order valence-corrected chi connectivity index (χ2v) is 9.65. The van der Waals surface area contributed by atoms with Crippen LogP contribution in [0.4, 0.5) is 11.4 Å². The lowest BCUT2D eigenvalue weighted by atomic mass is 10.1. The highest BCUT2D eigenvalue weighted by Gasteiger charge is 2.31. The Morgan fingerprint density at radius 3 is 2.94 bits per heavy atom. The van der Waals surface area contributed by atoms with E-state index in [1.54, 1.807) is 6.20 Å². The fraction of sp³-hybridized carbons (Fsp3) is 0.444. The number of ether oxygens (including phenoxy) is 1. The van der Waals surface area contributed by atoms with Gasteiger partial charge in [-0.1, -0.05) is 0 Å². The summed E-state index contributed by atoms with van der Waals surface area (Å²) in [5.41, 5.74) is 5.09. The molecule has 8 nitrogen and oxygen atoms in total. The van der Waals surface area contributed by atoms with Gasteiger partial charge in [-0.2, -0.15) is 5.26 Å². The molecule has 0 amide bonds. The number of anilines is 2. The third-order valence-electron chi connectivity index (χ3n) is 6.81. The molecule has 0 spiro atoms. The largest absolute Gasteiger partial charge is 0.390 e. The molecule has 2 N–H and O–H groups in total. The van der Waals surface area contributed by atoms with Gasteiger partial charge in [-0.15, -0.1) is 0 Å². The first kappa shape index (κ1) is 23.5. The fourth-order valence-corrected chi connectivity index (χ4v) is 5.41. The Labute approximate surface area is 206 Å². The average molecular weight is 473 g/mol. The highest BCUT2D eigenvalue weighted by atomic mass is 16.5. The minimum atomic E-state index is -0.0502. The number of aliphatic hydroxyl groups excluding tert-OH is 1. The van der Waals surface area contributed by atoms with E-state index in [9.17, 15) is 10.4 Å². The maximum absolute atomic E-state index is 9.49. The molecule has 1 unspecified atom stereocenters. The molecule has 0 saturated carbocycles. The highest BCUT2D eigenvalue weighted by molar-refractivity contribution is 5.95. The molecule has 2 saturated heterocycles. The van der Waals surface area contributed by atoms with Crippen LogP contribution in [0.3, 0.4) is 0 Å². The van der Waals surface area contributed by atoms with Crippen molar-refractivity contribution in [2.75, 3.05) is 42.9 Å². The number of benzene rings is 1. The number of fused-ring (bicyclic) bond motifs is 1. The van der Waals surface area contributed by atoms with Gasteiger partial charge in [0.1, 0.15) is 6.07 Å². The number of nitrogens with zero attached hydrogens (tertiary/aromatic N) is 5. The molecule has 2 aliphatic heterocycles. The number of pyridine rings is 2. The number of morpholine rings is 1. The summed E-state index contributed by atoms with van der Waals surface area (Å²) in [4.78, 5) is 13.7. The van der Waals surface area contributed by atoms with Crippen LogP contribution in [-0.2, 0) is 11.3 Å². The Kier molecular flexibility index (Phi) is 6.82. The molecule has 8 heteroatoms. The van der Waals surface area contributed by atoms with Crippen LogP contribution in [-0.4, -0.2) is 70.9 Å². The van der Waals surface area contributed by atoms with Crippen LogP contribution >= 0.6 is 0 Å². The summed E-state index contributed by atoms with van der Waals surface area (Å²) < 4.78 is 6.35. The first-order chi connectivity index (χ1) is 17.0. The number of aromatic nitrogens is 2. The van der Waals surface area contributed by atoms with E-state index < -0.39 is 0 Å². The molecule has 0 aliphatic carbocycles. The molecule has 182 valence electrons. The lowest BCUT2D eigenvalue weighted by molar-refractivity contribution is -0.0294. The third-order valence-corrected chi connectivity index (χ3v) is 6.81. The van der Waals surface area contributed by atoms with E-state index in [0.29, 0.717) is 17.3 Å². The Bertz CT molecular complexity index is 1240. The van der Waals surface area contributed by atoms with Crippen molar-refractivity contribution >= 4 is 22.3 Å². The molecule has 2 aromatic heterocycles. The Hall–Kier alpha value is -3.25. The summed E-state index contributed by atoms with van der Waals surface area (Å²) in [5.74, 6) is 0. The molecule has 0 radical (unpaired) electrons. The normalized spacial score (nSPS) is 22.9. The summed E-state index contributed by atoms with van der Waals surface area (Å²) in [6.45, 7) is 8.49. The van der Waals surface area contributed by atoms with Gasteiger partial charge < -0.3 is 20.1 Å². The van der Waals surface area contributed by atoms with Crippen molar-refractivity contribution in [3.05, 3.63) is 59.5 Å². The number of likely N-dealkylation sites (tertiary alicyclic amines) is 1. The molecular formula is C27H32N6O2. The minimum Gasteiger partial charge on any atom is -0.390 e. The molecular weight excluding hydrogens is 440 g/mol. The molecule has 3 aromatic rings. The van der Waals surface area contributed by atoms with Crippen molar-refractivity contribution in [1.82, 2.24) is 14.9 Å². The topological polar surface area (TPSA) is 97.5 Å². The first-order valence-electron chi connectivity index (χ1n) is 12.3. The lowest BCUT2D eigenvalue weighted by Gasteiger charge is -2.40. The molecule has 35 heavy (non-hydrogen) atoms. The number of nitriles is 1. The molecule has 4 heterocycles. The van der Waals surface area contributed by atoms with Crippen LogP contribution in [0.1, 0.15) is 30.3 Å². The van der Waals surface area contributed by atoms with E-state index in [4.69, 9.17) is 4.74 Å². The van der Waals surface area contributed by atoms with Crippen molar-refractivity contribution in [1.29, 1.82) is 5.26 Å². The van der Waals surface area contributed by atoms with Crippen LogP contribution in [0.25, 0.3) is 10.9 Å². The predicted octanol–water partition coefficient (Wildman–Crippen LogP) is 3.08. The van der Waals surface area contributed by atoms with E-state index in [-0.39, 0.29) is 18.8 Å². The number of aliphatic hydroxyl groups is 1. The fourth-order valence-electron chi connectivity index (χ4n) is 5.41. The third kappa shape index (κ3) is 5.22. The highest BCUT2D eigenvalue weighted by Crippen LogP contribution is 2.30. The van der Waals surface area contributed by atoms with E-state index >= 15 is 0 Å². The van der Waals surface area contributed by atoms with Crippen molar-refractivity contribution in [3.8, 4) is 6.07 Å². The van der Waals surface area contributed by atoms with E-state index in [1.807, 2.05) is 43.3 Å². The van der Waals surface area contributed by atoms with Gasteiger partial charge >= 0.3 is 0 Å². The first-order valence-corrected chi connectivity index (χ1v) is 12.3. The SMILES string of the molecule is Cc1cc(NC2CCN(C[C@H]3CN(c4ccc(C#N)c5ncccc45)C[C@@H](C)O3)C2)cc(CO)n1. The van der Waals surface area contributed by atoms with Gasteiger partial charge in [-0.25, -0.2) is 0 Å². The van der Waals surface area contributed by atoms with Crippen LogP contribution < -0.4 is 10.2 Å². The van der Waals surface area contributed by atoms with Crippen molar-refractivity contribution in [2.45, 2.75) is 45.1 Å². The van der Waals surface area contributed by atoms with Crippen LogP contribution in [0.15, 0.2) is 42.6 Å². The molecule has 1 aromatic carbocycles. The maximum atomic E-state index is 9.49. The number of rotatable bonds is 6. The second kappa shape index (κ2) is 10.2. The van der Waals surface area contributed by atoms with E-state index in [0.717, 1.165) is 67.1 Å². The average Bonchev–Trinajstić information content (AvgIpc) is 3.28. The van der Waals surface area contributed by atoms with Gasteiger partial charge in [0.2, 0.25) is 0 Å². The van der Waals surface area contributed by atoms with Crippen molar-refractivity contribution in [3.63, 3.8) is 0 Å². The quantitative estimate of drug-likeness (QED) is 0.565. The summed E-state index contributed by atoms with van der Waals surface area (Å²) in [6, 6.07) is 14.5. The van der Waals surface area contributed by atoms with E-state index in [2.05, 4.69) is 38.1 Å². The second-order valence-electron chi connectivity index (χ2n) is 9.65. The van der Waals surface area contributed by atoms with Gasteiger partial charge in [0.15, 0.2) is 0 Å². The molecule has 3 atom stereocenters. The standard InChI is InChI=1S/C27H32N6O2/c1-18-10-22(11-23(17-34)30-18)31-21-7-9-32(14-21)15-24-16-33(13-19(2)35-24)26-6-5-20(12-28)27-25(26)4-3-8-29-27/h3-6,8,10-11,19,21,24,34H,7,9,13-17H2,1-2H3,(H,30,31)/t19-,21?,24+/m1/s1. The van der Waals surface area contributed by atoms with Gasteiger partial charge in [0, 0.05) is 67.4 Å². The zero-order valence-electron chi connectivity index (χ0n) is 20.3. The van der Waals surface area contributed by atoms with Gasteiger partial charge in [-0.3, -0.25) is 14.9 Å². The maximum Gasteiger partial charge on any atom is 0.101 e. The predicted molar refractivity (Wildman–Crippen MR) is 136 cm³/mol. The molecule has 5 rings (SSSR count). The van der Waals surface area contributed by atoms with Crippen LogP contribution in [0.2, 0.25) is 0 Å². The monoisotopic (exact) mass is 472 g/mol. The summed E-state index contributed by atoms with van der Waals surface area (Å²) in [7, 11) is 0. The van der Waals surface area contributed by atoms with Gasteiger partial charge in [-0.05, 0) is 56.7 Å². The van der Waals surface area contributed by atoms with Crippen LogP contribution in [0, 0.1) is 18.3 Å². The molecule has 2 fully saturated rings. The smallest absolute Gasteiger partial charge is 0.101 e. The molecule has 2 aliphatic rings. The van der Waals surface area contributed by atoms with Gasteiger partial charge in [0.05, 0.1) is 35.6 Å². The lowest BCUT2D eigenvalue weighted by Crippen LogP contribution is -2.50. The number of aryl methyl sites for hydroxylation is 1. The summed E-state index contributed by atoms with van der Waals surface area (Å²) >= 11 is 0. The van der Waals surface area contributed by atoms with Crippen molar-refractivity contribution < 1.29 is 9.84 Å². The summed E-state index contributed by atoms with van der Waals surface area (Å²) in [6.07, 6.45) is 3.02. The Morgan fingerprint density at radius 1 is 1.23 bits per heavy atom. The number of hydrogen-bond donors (Lipinski definition) is 2. The van der Waals surface area contributed by atoms with E-state index in [1.165, 1.54) is 0 Å². The Morgan fingerprint density at radius 2 is 2.11 bits per heavy atom. The number of hydrogen-bond acceptors (Lipinski definition) is 8. The minimum absolute atomic E-state index is 0.0502.